The van der Waals surface area contributed by atoms with Gasteiger partial charge in [0.2, 0.25) is 5.91 Å². The Hall–Kier alpha value is -1.36. The normalized spacial score (nSPS) is 31.3. The fourth-order valence-corrected chi connectivity index (χ4v) is 3.34. The van der Waals surface area contributed by atoms with Crippen molar-refractivity contribution in [1.82, 2.24) is 9.80 Å². The molecule has 1 amide bonds. The number of allylic oxidation sites excluding steroid dienone is 2. The standard InChI is InChI=1S/C15H22N2O3/c18-14(12-3-1-2-4-13(12)15(19)20)17-9-7-16(8-10-17)11-5-6-11/h1-2,11-13H,3-10H2,(H,19,20). The number of aliphatic carboxylic acids is 1. The van der Waals surface area contributed by atoms with E-state index in [1.807, 2.05) is 17.1 Å². The van der Waals surface area contributed by atoms with Gasteiger partial charge in [0.05, 0.1) is 11.8 Å². The Labute approximate surface area is 119 Å². The topological polar surface area (TPSA) is 60.9 Å². The molecule has 0 aromatic heterocycles. The number of hydrogen-bond acceptors (Lipinski definition) is 3. The molecule has 1 heterocycles. The summed E-state index contributed by atoms with van der Waals surface area (Å²) in [6.45, 7) is 3.39. The fraction of sp³-hybridized carbons (Fsp3) is 0.733. The maximum absolute atomic E-state index is 12.6. The molecule has 0 spiro atoms. The van der Waals surface area contributed by atoms with Gasteiger partial charge in [0.15, 0.2) is 0 Å². The smallest absolute Gasteiger partial charge is 0.307 e. The van der Waals surface area contributed by atoms with Crippen molar-refractivity contribution < 1.29 is 14.7 Å². The summed E-state index contributed by atoms with van der Waals surface area (Å²) in [5.41, 5.74) is 0. The monoisotopic (exact) mass is 278 g/mol. The van der Waals surface area contributed by atoms with E-state index < -0.39 is 11.9 Å². The van der Waals surface area contributed by atoms with E-state index in [4.69, 9.17) is 0 Å². The highest BCUT2D eigenvalue weighted by Crippen LogP contribution is 2.30. The molecule has 0 radical (unpaired) electrons. The molecule has 2 fully saturated rings. The van der Waals surface area contributed by atoms with Crippen LogP contribution in [-0.4, -0.2) is 59.0 Å². The number of rotatable bonds is 3. The van der Waals surface area contributed by atoms with Gasteiger partial charge in [-0.05, 0) is 25.7 Å². The first kappa shape index (κ1) is 13.6. The lowest BCUT2D eigenvalue weighted by Crippen LogP contribution is -2.52. The second kappa shape index (κ2) is 5.56. The summed E-state index contributed by atoms with van der Waals surface area (Å²) >= 11 is 0. The van der Waals surface area contributed by atoms with Crippen LogP contribution in [0.4, 0.5) is 0 Å². The van der Waals surface area contributed by atoms with Gasteiger partial charge < -0.3 is 10.0 Å². The minimum Gasteiger partial charge on any atom is -0.481 e. The van der Waals surface area contributed by atoms with Crippen molar-refractivity contribution in [3.8, 4) is 0 Å². The first-order valence-electron chi connectivity index (χ1n) is 7.57. The van der Waals surface area contributed by atoms with Gasteiger partial charge in [-0.15, -0.1) is 0 Å². The lowest BCUT2D eigenvalue weighted by atomic mass is 9.82. The summed E-state index contributed by atoms with van der Waals surface area (Å²) in [7, 11) is 0. The van der Waals surface area contributed by atoms with Crippen molar-refractivity contribution in [2.24, 2.45) is 11.8 Å². The highest BCUT2D eigenvalue weighted by molar-refractivity contribution is 5.85. The van der Waals surface area contributed by atoms with Gasteiger partial charge in [0.1, 0.15) is 0 Å². The van der Waals surface area contributed by atoms with E-state index in [9.17, 15) is 14.7 Å². The van der Waals surface area contributed by atoms with Crippen LogP contribution in [0.3, 0.4) is 0 Å². The summed E-state index contributed by atoms with van der Waals surface area (Å²) < 4.78 is 0. The Kier molecular flexibility index (Phi) is 3.78. The van der Waals surface area contributed by atoms with Crippen molar-refractivity contribution in [1.29, 1.82) is 0 Å². The Morgan fingerprint density at radius 1 is 0.950 bits per heavy atom. The fourth-order valence-electron chi connectivity index (χ4n) is 3.34. The van der Waals surface area contributed by atoms with Crippen LogP contribution < -0.4 is 0 Å². The summed E-state index contributed by atoms with van der Waals surface area (Å²) in [5, 5.41) is 9.27. The molecular weight excluding hydrogens is 256 g/mol. The van der Waals surface area contributed by atoms with Crippen LogP contribution in [0.15, 0.2) is 12.2 Å². The van der Waals surface area contributed by atoms with Crippen molar-refractivity contribution >= 4 is 11.9 Å². The van der Waals surface area contributed by atoms with Crippen LogP contribution >= 0.6 is 0 Å². The van der Waals surface area contributed by atoms with Crippen molar-refractivity contribution in [3.05, 3.63) is 12.2 Å². The van der Waals surface area contributed by atoms with Gasteiger partial charge in [-0.1, -0.05) is 12.2 Å². The van der Waals surface area contributed by atoms with Crippen LogP contribution in [-0.2, 0) is 9.59 Å². The van der Waals surface area contributed by atoms with Gasteiger partial charge in [-0.25, -0.2) is 0 Å². The van der Waals surface area contributed by atoms with E-state index >= 15 is 0 Å². The third-order valence-electron chi connectivity index (χ3n) is 4.76. The number of carboxylic acids is 1. The van der Waals surface area contributed by atoms with E-state index in [0.717, 1.165) is 32.2 Å². The molecule has 2 unspecified atom stereocenters. The lowest BCUT2D eigenvalue weighted by molar-refractivity contribution is -0.151. The summed E-state index contributed by atoms with van der Waals surface area (Å²) in [6, 6.07) is 0.747. The predicted octanol–water partition coefficient (Wildman–Crippen LogP) is 0.960. The Bertz CT molecular complexity index is 423. The Morgan fingerprint density at radius 2 is 1.55 bits per heavy atom. The third-order valence-corrected chi connectivity index (χ3v) is 4.76. The molecule has 1 N–H and O–H groups in total. The predicted molar refractivity (Wildman–Crippen MR) is 74.2 cm³/mol. The number of hydrogen-bond donors (Lipinski definition) is 1. The van der Waals surface area contributed by atoms with Crippen LogP contribution in [0.2, 0.25) is 0 Å². The molecule has 0 bridgehead atoms. The zero-order valence-electron chi connectivity index (χ0n) is 11.7. The number of carbonyl (C=O) groups is 2. The van der Waals surface area contributed by atoms with Gasteiger partial charge in [0, 0.05) is 32.2 Å². The van der Waals surface area contributed by atoms with Gasteiger partial charge in [-0.3, -0.25) is 14.5 Å². The van der Waals surface area contributed by atoms with E-state index in [-0.39, 0.29) is 11.8 Å². The number of carbonyl (C=O) groups excluding carboxylic acids is 1. The maximum Gasteiger partial charge on any atom is 0.307 e. The molecule has 20 heavy (non-hydrogen) atoms. The van der Waals surface area contributed by atoms with E-state index in [0.29, 0.717) is 12.8 Å². The molecule has 5 heteroatoms. The molecule has 0 aromatic rings. The number of carboxylic acid groups (broad SMARTS) is 1. The molecule has 3 aliphatic rings. The van der Waals surface area contributed by atoms with Crippen molar-refractivity contribution in [3.63, 3.8) is 0 Å². The van der Waals surface area contributed by atoms with Gasteiger partial charge >= 0.3 is 5.97 Å². The third kappa shape index (κ3) is 2.73. The van der Waals surface area contributed by atoms with Gasteiger partial charge in [-0.2, -0.15) is 0 Å². The zero-order chi connectivity index (χ0) is 14.1. The van der Waals surface area contributed by atoms with E-state index in [2.05, 4.69) is 4.90 Å². The van der Waals surface area contributed by atoms with Crippen molar-refractivity contribution in [2.75, 3.05) is 26.2 Å². The molecule has 5 nitrogen and oxygen atoms in total. The maximum atomic E-state index is 12.6. The minimum absolute atomic E-state index is 0.0391. The molecule has 2 aliphatic carbocycles. The van der Waals surface area contributed by atoms with Crippen LogP contribution in [0, 0.1) is 11.8 Å². The quantitative estimate of drug-likeness (QED) is 0.781. The van der Waals surface area contributed by atoms with Crippen LogP contribution in [0.25, 0.3) is 0 Å². The minimum atomic E-state index is -0.843. The number of nitrogens with zero attached hydrogens (tertiary/aromatic N) is 2. The van der Waals surface area contributed by atoms with Gasteiger partial charge in [0.25, 0.3) is 0 Å². The lowest BCUT2D eigenvalue weighted by Gasteiger charge is -2.37. The van der Waals surface area contributed by atoms with E-state index in [1.165, 1.54) is 12.8 Å². The molecule has 110 valence electrons. The number of amides is 1. The second-order valence-corrected chi connectivity index (χ2v) is 6.09. The first-order chi connectivity index (χ1) is 9.66. The molecular formula is C15H22N2O3. The Morgan fingerprint density at radius 3 is 2.10 bits per heavy atom. The molecule has 1 saturated heterocycles. The SMILES string of the molecule is O=C(O)C1CC=CCC1C(=O)N1CCN(C2CC2)CC1. The molecule has 2 atom stereocenters. The highest BCUT2D eigenvalue weighted by Gasteiger charge is 2.38. The zero-order valence-corrected chi connectivity index (χ0v) is 11.7. The second-order valence-electron chi connectivity index (χ2n) is 6.09. The largest absolute Gasteiger partial charge is 0.481 e. The molecule has 0 aromatic carbocycles. The summed E-state index contributed by atoms with van der Waals surface area (Å²) in [5.74, 6) is -1.72. The number of piperazine rings is 1. The molecule has 1 aliphatic heterocycles. The average molecular weight is 278 g/mol. The molecule has 3 rings (SSSR count). The van der Waals surface area contributed by atoms with Crippen LogP contribution in [0.1, 0.15) is 25.7 Å². The molecule has 1 saturated carbocycles. The summed E-state index contributed by atoms with van der Waals surface area (Å²) in [4.78, 5) is 28.2. The highest BCUT2D eigenvalue weighted by atomic mass is 16.4. The Balaban J connectivity index is 1.60. The van der Waals surface area contributed by atoms with Crippen molar-refractivity contribution in [2.45, 2.75) is 31.7 Å². The average Bonchev–Trinajstić information content (AvgIpc) is 3.31. The van der Waals surface area contributed by atoms with E-state index in [1.54, 1.807) is 0 Å². The summed E-state index contributed by atoms with van der Waals surface area (Å²) in [6.07, 6.45) is 7.47. The van der Waals surface area contributed by atoms with Crippen LogP contribution in [0.5, 0.6) is 0 Å². The first-order valence-corrected chi connectivity index (χ1v) is 7.57.